The van der Waals surface area contributed by atoms with Gasteiger partial charge >= 0.3 is 6.03 Å². The van der Waals surface area contributed by atoms with E-state index in [2.05, 4.69) is 44.4 Å². The number of urea groups is 1. The molecule has 0 bridgehead atoms. The first kappa shape index (κ1) is 21.2. The van der Waals surface area contributed by atoms with Gasteiger partial charge in [0.1, 0.15) is 5.82 Å². The fourth-order valence-electron chi connectivity index (χ4n) is 4.06. The van der Waals surface area contributed by atoms with Gasteiger partial charge in [-0.25, -0.2) is 9.78 Å². The lowest BCUT2D eigenvalue weighted by molar-refractivity contribution is 0.248. The highest BCUT2D eigenvalue weighted by atomic mass is 16.2. The van der Waals surface area contributed by atoms with Gasteiger partial charge in [-0.2, -0.15) is 5.10 Å². The zero-order chi connectivity index (χ0) is 21.6. The van der Waals surface area contributed by atoms with Gasteiger partial charge in [0.2, 0.25) is 0 Å². The number of nitrogens with zero attached hydrogens (tertiary/aromatic N) is 5. The van der Waals surface area contributed by atoms with Crippen molar-refractivity contribution < 1.29 is 4.79 Å². The van der Waals surface area contributed by atoms with Crippen molar-refractivity contribution in [1.82, 2.24) is 30.0 Å². The molecule has 4 rings (SSSR count). The summed E-state index contributed by atoms with van der Waals surface area (Å²) in [5, 5.41) is 10.4. The van der Waals surface area contributed by atoms with E-state index in [1.54, 1.807) is 6.07 Å². The van der Waals surface area contributed by atoms with Crippen LogP contribution in [-0.2, 0) is 6.54 Å². The van der Waals surface area contributed by atoms with Crippen LogP contribution >= 0.6 is 0 Å². The topological polar surface area (TPSA) is 88.0 Å². The number of anilines is 1. The Morgan fingerprint density at radius 1 is 1.13 bits per heavy atom. The van der Waals surface area contributed by atoms with Gasteiger partial charge < -0.3 is 10.2 Å². The number of likely N-dealkylation sites (N-methyl/N-ethyl adjacent to an activating group) is 1. The SMILES string of the molecule is CCN(CC)CCn1cc(-c2cnc3ccc(NC(=O)NC4CCCC4)nc3c2)cn1. The quantitative estimate of drug-likeness (QED) is 0.576. The van der Waals surface area contributed by atoms with Crippen molar-refractivity contribution in [2.24, 2.45) is 0 Å². The molecule has 3 heterocycles. The molecule has 0 saturated heterocycles. The summed E-state index contributed by atoms with van der Waals surface area (Å²) in [4.78, 5) is 23.8. The summed E-state index contributed by atoms with van der Waals surface area (Å²) in [6, 6.07) is 5.73. The maximum Gasteiger partial charge on any atom is 0.320 e. The van der Waals surface area contributed by atoms with Crippen LogP contribution in [0.3, 0.4) is 0 Å². The lowest BCUT2D eigenvalue weighted by Gasteiger charge is -2.17. The van der Waals surface area contributed by atoms with Crippen molar-refractivity contribution in [3.8, 4) is 11.1 Å². The number of amides is 2. The highest BCUT2D eigenvalue weighted by Gasteiger charge is 2.17. The van der Waals surface area contributed by atoms with E-state index in [4.69, 9.17) is 0 Å². The summed E-state index contributed by atoms with van der Waals surface area (Å²) in [6.07, 6.45) is 10.2. The average molecular weight is 422 g/mol. The Bertz CT molecular complexity index is 1020. The van der Waals surface area contributed by atoms with Crippen LogP contribution in [0.1, 0.15) is 39.5 Å². The normalized spacial score (nSPS) is 14.4. The summed E-state index contributed by atoms with van der Waals surface area (Å²) in [7, 11) is 0. The van der Waals surface area contributed by atoms with Crippen LogP contribution in [0.5, 0.6) is 0 Å². The molecule has 1 aliphatic carbocycles. The number of carbonyl (C=O) groups is 1. The van der Waals surface area contributed by atoms with Crippen molar-refractivity contribution in [2.75, 3.05) is 25.0 Å². The number of nitrogens with one attached hydrogen (secondary N) is 2. The zero-order valence-electron chi connectivity index (χ0n) is 18.3. The van der Waals surface area contributed by atoms with Crippen molar-refractivity contribution in [3.05, 3.63) is 36.8 Å². The first-order valence-electron chi connectivity index (χ1n) is 11.2. The second-order valence-corrected chi connectivity index (χ2v) is 8.06. The molecule has 3 aromatic heterocycles. The highest BCUT2D eigenvalue weighted by molar-refractivity contribution is 5.90. The molecular formula is C23H31N7O. The molecule has 0 radical (unpaired) electrons. The minimum atomic E-state index is -0.197. The molecule has 1 saturated carbocycles. The van der Waals surface area contributed by atoms with Crippen molar-refractivity contribution in [2.45, 2.75) is 52.1 Å². The molecule has 8 heteroatoms. The molecule has 31 heavy (non-hydrogen) atoms. The van der Waals surface area contributed by atoms with Crippen LogP contribution in [-0.4, -0.2) is 56.4 Å². The van der Waals surface area contributed by atoms with Gasteiger partial charge in [-0.1, -0.05) is 26.7 Å². The minimum absolute atomic E-state index is 0.197. The summed E-state index contributed by atoms with van der Waals surface area (Å²) in [5.74, 6) is 0.525. The molecule has 1 aliphatic rings. The van der Waals surface area contributed by atoms with Gasteiger partial charge in [-0.15, -0.1) is 0 Å². The maximum absolute atomic E-state index is 12.3. The number of aromatic nitrogens is 4. The molecule has 0 aromatic carbocycles. The summed E-state index contributed by atoms with van der Waals surface area (Å²) in [5.41, 5.74) is 3.50. The van der Waals surface area contributed by atoms with Gasteiger partial charge in [0, 0.05) is 36.1 Å². The lowest BCUT2D eigenvalue weighted by atomic mass is 10.1. The van der Waals surface area contributed by atoms with E-state index in [9.17, 15) is 4.79 Å². The van der Waals surface area contributed by atoms with Gasteiger partial charge in [-0.05, 0) is 44.1 Å². The predicted molar refractivity (Wildman–Crippen MR) is 123 cm³/mol. The second-order valence-electron chi connectivity index (χ2n) is 8.06. The summed E-state index contributed by atoms with van der Waals surface area (Å²) < 4.78 is 1.97. The van der Waals surface area contributed by atoms with E-state index in [0.717, 1.165) is 61.2 Å². The van der Waals surface area contributed by atoms with Crippen molar-refractivity contribution >= 4 is 22.9 Å². The van der Waals surface area contributed by atoms with Crippen LogP contribution in [0.25, 0.3) is 22.2 Å². The van der Waals surface area contributed by atoms with Crippen molar-refractivity contribution in [3.63, 3.8) is 0 Å². The molecule has 8 nitrogen and oxygen atoms in total. The van der Waals surface area contributed by atoms with E-state index in [1.807, 2.05) is 35.4 Å². The Hall–Kier alpha value is -3.00. The van der Waals surface area contributed by atoms with Gasteiger partial charge in [-0.3, -0.25) is 15.0 Å². The molecule has 2 N–H and O–H groups in total. The molecule has 2 amide bonds. The summed E-state index contributed by atoms with van der Waals surface area (Å²) in [6.45, 7) is 8.26. The number of hydrogen-bond donors (Lipinski definition) is 2. The monoisotopic (exact) mass is 421 g/mol. The Morgan fingerprint density at radius 3 is 2.71 bits per heavy atom. The van der Waals surface area contributed by atoms with Gasteiger partial charge in [0.05, 0.1) is 23.8 Å². The zero-order valence-corrected chi connectivity index (χ0v) is 18.3. The molecule has 1 fully saturated rings. The van der Waals surface area contributed by atoms with E-state index in [-0.39, 0.29) is 12.1 Å². The van der Waals surface area contributed by atoms with Gasteiger partial charge in [0.25, 0.3) is 0 Å². The predicted octanol–water partition coefficient (Wildman–Crippen LogP) is 3.90. The molecule has 0 aliphatic heterocycles. The Morgan fingerprint density at radius 2 is 1.94 bits per heavy atom. The third-order valence-electron chi connectivity index (χ3n) is 5.98. The molecule has 0 unspecified atom stereocenters. The number of pyridine rings is 2. The fourth-order valence-corrected chi connectivity index (χ4v) is 4.06. The Labute approximate surface area is 183 Å². The Balaban J connectivity index is 1.45. The second kappa shape index (κ2) is 9.87. The highest BCUT2D eigenvalue weighted by Crippen LogP contribution is 2.23. The van der Waals surface area contributed by atoms with Crippen LogP contribution in [0, 0.1) is 0 Å². The first-order valence-corrected chi connectivity index (χ1v) is 11.2. The first-order chi connectivity index (χ1) is 15.1. The van der Waals surface area contributed by atoms with E-state index >= 15 is 0 Å². The molecule has 164 valence electrons. The van der Waals surface area contributed by atoms with Crippen LogP contribution in [0.2, 0.25) is 0 Å². The van der Waals surface area contributed by atoms with E-state index in [1.165, 1.54) is 12.8 Å². The average Bonchev–Trinajstić information content (AvgIpc) is 3.46. The number of carbonyl (C=O) groups excluding carboxylic acids is 1. The van der Waals surface area contributed by atoms with E-state index < -0.39 is 0 Å². The third-order valence-corrected chi connectivity index (χ3v) is 5.98. The molecule has 0 spiro atoms. The van der Waals surface area contributed by atoms with Crippen molar-refractivity contribution in [1.29, 1.82) is 0 Å². The van der Waals surface area contributed by atoms with Crippen LogP contribution in [0.15, 0.2) is 36.8 Å². The summed E-state index contributed by atoms with van der Waals surface area (Å²) >= 11 is 0. The number of fused-ring (bicyclic) bond motifs is 1. The molecule has 0 atom stereocenters. The van der Waals surface area contributed by atoms with Crippen LogP contribution < -0.4 is 10.6 Å². The molecular weight excluding hydrogens is 390 g/mol. The minimum Gasteiger partial charge on any atom is -0.335 e. The lowest BCUT2D eigenvalue weighted by Crippen LogP contribution is -2.36. The largest absolute Gasteiger partial charge is 0.335 e. The third kappa shape index (κ3) is 5.38. The standard InChI is InChI=1S/C23H31N7O/c1-3-29(4-2)11-12-30-16-18(15-25-30)17-13-21-20(24-14-17)9-10-22(27-21)28-23(31)26-19-7-5-6-8-19/h9-10,13-16,19H,3-8,11-12H2,1-2H3,(H2,26,27,28,31). The fraction of sp³-hybridized carbons (Fsp3) is 0.478. The van der Waals surface area contributed by atoms with Crippen LogP contribution in [0.4, 0.5) is 10.6 Å². The maximum atomic E-state index is 12.3. The van der Waals surface area contributed by atoms with E-state index in [0.29, 0.717) is 5.82 Å². The smallest absolute Gasteiger partial charge is 0.320 e. The Kier molecular flexibility index (Phi) is 6.76. The number of rotatable bonds is 8. The number of hydrogen-bond acceptors (Lipinski definition) is 5. The van der Waals surface area contributed by atoms with Gasteiger partial charge in [0.15, 0.2) is 0 Å². The molecule has 3 aromatic rings.